The number of carbonyl (C=O) groups excluding carboxylic acids is 1. The number of hydrogen-bond acceptors (Lipinski definition) is 4. The molecule has 0 saturated heterocycles. The standard InChI is InChI=1S/C10H13NO4/c1-13-6-4-7(10(11)12)9(15-3)8(5-6)14-2/h4-5H,1-3H3,(H2,11,12). The fraction of sp³-hybridized carbons (Fsp3) is 0.300. The first-order chi connectivity index (χ1) is 7.13. The maximum absolute atomic E-state index is 11.1. The Balaban J connectivity index is 3.39. The first kappa shape index (κ1) is 11.2. The van der Waals surface area contributed by atoms with Gasteiger partial charge in [-0.1, -0.05) is 0 Å². The van der Waals surface area contributed by atoms with E-state index in [0.29, 0.717) is 17.2 Å². The van der Waals surface area contributed by atoms with E-state index >= 15 is 0 Å². The van der Waals surface area contributed by atoms with E-state index in [-0.39, 0.29) is 5.56 Å². The molecule has 0 aliphatic heterocycles. The Morgan fingerprint density at radius 1 is 1.13 bits per heavy atom. The number of rotatable bonds is 4. The summed E-state index contributed by atoms with van der Waals surface area (Å²) >= 11 is 0. The van der Waals surface area contributed by atoms with Gasteiger partial charge >= 0.3 is 0 Å². The zero-order valence-electron chi connectivity index (χ0n) is 8.87. The number of benzene rings is 1. The van der Waals surface area contributed by atoms with E-state index < -0.39 is 5.91 Å². The van der Waals surface area contributed by atoms with E-state index in [0.717, 1.165) is 0 Å². The third kappa shape index (κ3) is 2.12. The van der Waals surface area contributed by atoms with Crippen molar-refractivity contribution in [2.24, 2.45) is 5.73 Å². The Labute approximate surface area is 87.7 Å². The van der Waals surface area contributed by atoms with Crippen molar-refractivity contribution < 1.29 is 19.0 Å². The molecule has 0 bridgehead atoms. The van der Waals surface area contributed by atoms with Gasteiger partial charge in [0.2, 0.25) is 0 Å². The number of hydrogen-bond donors (Lipinski definition) is 1. The second kappa shape index (κ2) is 4.54. The maximum atomic E-state index is 11.1. The van der Waals surface area contributed by atoms with E-state index in [1.807, 2.05) is 0 Å². The Morgan fingerprint density at radius 2 is 1.80 bits per heavy atom. The van der Waals surface area contributed by atoms with Crippen LogP contribution in [0.3, 0.4) is 0 Å². The van der Waals surface area contributed by atoms with E-state index in [9.17, 15) is 4.79 Å². The molecule has 2 N–H and O–H groups in total. The summed E-state index contributed by atoms with van der Waals surface area (Å²) in [5, 5.41) is 0. The van der Waals surface area contributed by atoms with Crippen molar-refractivity contribution >= 4 is 5.91 Å². The van der Waals surface area contributed by atoms with Crippen LogP contribution in [0.15, 0.2) is 12.1 Å². The summed E-state index contributed by atoms with van der Waals surface area (Å²) in [7, 11) is 4.41. The molecule has 82 valence electrons. The number of methoxy groups -OCH3 is 3. The van der Waals surface area contributed by atoms with E-state index in [4.69, 9.17) is 19.9 Å². The highest BCUT2D eigenvalue weighted by atomic mass is 16.5. The third-order valence-corrected chi connectivity index (χ3v) is 1.95. The number of amides is 1. The number of carbonyl (C=O) groups is 1. The number of nitrogens with two attached hydrogens (primary N) is 1. The summed E-state index contributed by atoms with van der Waals surface area (Å²) in [6.45, 7) is 0. The van der Waals surface area contributed by atoms with Gasteiger partial charge in [-0.3, -0.25) is 4.79 Å². The van der Waals surface area contributed by atoms with Crippen molar-refractivity contribution in [1.29, 1.82) is 0 Å². The van der Waals surface area contributed by atoms with Gasteiger partial charge in [-0.2, -0.15) is 0 Å². The van der Waals surface area contributed by atoms with Gasteiger partial charge in [0.05, 0.1) is 26.9 Å². The number of ether oxygens (including phenoxy) is 3. The molecular formula is C10H13NO4. The van der Waals surface area contributed by atoms with Crippen LogP contribution in [0.2, 0.25) is 0 Å². The van der Waals surface area contributed by atoms with Crippen molar-refractivity contribution in [2.45, 2.75) is 0 Å². The molecule has 1 aromatic carbocycles. The highest BCUT2D eigenvalue weighted by Crippen LogP contribution is 2.35. The quantitative estimate of drug-likeness (QED) is 0.800. The van der Waals surface area contributed by atoms with Gasteiger partial charge < -0.3 is 19.9 Å². The summed E-state index contributed by atoms with van der Waals surface area (Å²) in [6, 6.07) is 3.12. The minimum Gasteiger partial charge on any atom is -0.497 e. The Hall–Kier alpha value is -1.91. The van der Waals surface area contributed by atoms with Crippen LogP contribution in [-0.2, 0) is 0 Å². The molecule has 1 rings (SSSR count). The molecule has 1 amide bonds. The van der Waals surface area contributed by atoms with E-state index in [1.165, 1.54) is 27.4 Å². The lowest BCUT2D eigenvalue weighted by Crippen LogP contribution is -2.13. The van der Waals surface area contributed by atoms with Gasteiger partial charge in [0.25, 0.3) is 5.91 Å². The lowest BCUT2D eigenvalue weighted by atomic mass is 10.1. The minimum atomic E-state index is -0.593. The molecule has 1 aromatic rings. The fourth-order valence-corrected chi connectivity index (χ4v) is 1.24. The Morgan fingerprint density at radius 3 is 2.20 bits per heavy atom. The summed E-state index contributed by atoms with van der Waals surface area (Å²) in [5.74, 6) is 0.613. The SMILES string of the molecule is COc1cc(OC)c(OC)c(C(N)=O)c1. The van der Waals surface area contributed by atoms with E-state index in [2.05, 4.69) is 0 Å². The normalized spacial score (nSPS) is 9.53. The molecule has 0 fully saturated rings. The second-order valence-corrected chi connectivity index (χ2v) is 2.77. The zero-order valence-corrected chi connectivity index (χ0v) is 8.87. The predicted molar refractivity (Wildman–Crippen MR) is 54.6 cm³/mol. The minimum absolute atomic E-state index is 0.230. The van der Waals surface area contributed by atoms with Gasteiger partial charge in [0.1, 0.15) is 5.75 Å². The molecule has 0 spiro atoms. The average Bonchev–Trinajstić information content (AvgIpc) is 2.26. The molecule has 0 unspecified atom stereocenters. The van der Waals surface area contributed by atoms with Crippen LogP contribution in [0.5, 0.6) is 17.2 Å². The molecule has 15 heavy (non-hydrogen) atoms. The highest BCUT2D eigenvalue weighted by Gasteiger charge is 2.16. The van der Waals surface area contributed by atoms with Crippen molar-refractivity contribution in [3.63, 3.8) is 0 Å². The van der Waals surface area contributed by atoms with Gasteiger partial charge in [-0.05, 0) is 6.07 Å². The van der Waals surface area contributed by atoms with Gasteiger partial charge in [-0.15, -0.1) is 0 Å². The molecule has 0 aliphatic rings. The Bertz CT molecular complexity index is 376. The number of primary amides is 1. The van der Waals surface area contributed by atoms with Crippen molar-refractivity contribution in [3.8, 4) is 17.2 Å². The fourth-order valence-electron chi connectivity index (χ4n) is 1.24. The summed E-state index contributed by atoms with van der Waals surface area (Å²) in [5.41, 5.74) is 5.44. The first-order valence-corrected chi connectivity index (χ1v) is 4.23. The zero-order chi connectivity index (χ0) is 11.4. The lowest BCUT2D eigenvalue weighted by molar-refractivity contribution is 0.0996. The summed E-state index contributed by atoms with van der Waals surface area (Å²) in [4.78, 5) is 11.1. The van der Waals surface area contributed by atoms with Gasteiger partial charge in [0, 0.05) is 6.07 Å². The maximum Gasteiger partial charge on any atom is 0.252 e. The Kier molecular flexibility index (Phi) is 3.38. The average molecular weight is 211 g/mol. The predicted octanol–water partition coefficient (Wildman–Crippen LogP) is 0.811. The highest BCUT2D eigenvalue weighted by molar-refractivity contribution is 5.97. The smallest absolute Gasteiger partial charge is 0.252 e. The molecule has 5 heteroatoms. The first-order valence-electron chi connectivity index (χ1n) is 4.23. The van der Waals surface area contributed by atoms with Crippen LogP contribution >= 0.6 is 0 Å². The molecule has 0 atom stereocenters. The second-order valence-electron chi connectivity index (χ2n) is 2.77. The molecule has 5 nitrogen and oxygen atoms in total. The molecule has 0 aromatic heterocycles. The third-order valence-electron chi connectivity index (χ3n) is 1.95. The molecule has 0 saturated carbocycles. The van der Waals surface area contributed by atoms with Gasteiger partial charge in [0.15, 0.2) is 11.5 Å². The van der Waals surface area contributed by atoms with Crippen LogP contribution in [0.4, 0.5) is 0 Å². The van der Waals surface area contributed by atoms with Crippen LogP contribution < -0.4 is 19.9 Å². The topological polar surface area (TPSA) is 70.8 Å². The largest absolute Gasteiger partial charge is 0.497 e. The summed E-state index contributed by atoms with van der Waals surface area (Å²) < 4.78 is 15.1. The van der Waals surface area contributed by atoms with Crippen LogP contribution in [0.25, 0.3) is 0 Å². The van der Waals surface area contributed by atoms with Crippen LogP contribution in [-0.4, -0.2) is 27.2 Å². The van der Waals surface area contributed by atoms with Crippen LogP contribution in [0, 0.1) is 0 Å². The van der Waals surface area contributed by atoms with E-state index in [1.54, 1.807) is 6.07 Å². The van der Waals surface area contributed by atoms with Crippen molar-refractivity contribution in [3.05, 3.63) is 17.7 Å². The monoisotopic (exact) mass is 211 g/mol. The van der Waals surface area contributed by atoms with Gasteiger partial charge in [-0.25, -0.2) is 0 Å². The molecule has 0 heterocycles. The molecule has 0 radical (unpaired) electrons. The molecule has 0 aliphatic carbocycles. The molecular weight excluding hydrogens is 198 g/mol. The van der Waals surface area contributed by atoms with Crippen LogP contribution in [0.1, 0.15) is 10.4 Å². The van der Waals surface area contributed by atoms with Crippen molar-refractivity contribution in [1.82, 2.24) is 0 Å². The summed E-state index contributed by atoms with van der Waals surface area (Å²) in [6.07, 6.45) is 0. The lowest BCUT2D eigenvalue weighted by Gasteiger charge is -2.12. The van der Waals surface area contributed by atoms with Crippen molar-refractivity contribution in [2.75, 3.05) is 21.3 Å².